The summed E-state index contributed by atoms with van der Waals surface area (Å²) in [5.41, 5.74) is 3.30. The average molecular weight is 354 g/mol. The molecule has 0 spiro atoms. The topological polar surface area (TPSA) is 42.2 Å². The summed E-state index contributed by atoms with van der Waals surface area (Å²) >= 11 is 0. The molecular formula is C24H22N2O. The molecule has 1 amide bonds. The highest BCUT2D eigenvalue weighted by molar-refractivity contribution is 6.09. The fourth-order valence-corrected chi connectivity index (χ4v) is 4.46. The number of amides is 1. The maximum Gasteiger partial charge on any atom is 0.239 e. The number of carbonyl (C=O) groups excluding carboxylic acids is 1. The van der Waals surface area contributed by atoms with Crippen molar-refractivity contribution in [3.8, 4) is 0 Å². The van der Waals surface area contributed by atoms with Crippen molar-refractivity contribution < 1.29 is 4.79 Å². The van der Waals surface area contributed by atoms with E-state index < -0.39 is 11.1 Å². The second-order valence-electron chi connectivity index (χ2n) is 7.90. The molecule has 1 N–H and O–H groups in total. The van der Waals surface area contributed by atoms with Crippen molar-refractivity contribution in [2.75, 3.05) is 4.90 Å². The van der Waals surface area contributed by atoms with E-state index in [4.69, 9.17) is 0 Å². The summed E-state index contributed by atoms with van der Waals surface area (Å²) < 4.78 is 0. The van der Waals surface area contributed by atoms with Gasteiger partial charge in [-0.15, -0.1) is 0 Å². The van der Waals surface area contributed by atoms with Crippen LogP contribution in [0.4, 0.5) is 5.69 Å². The normalized spacial score (nSPS) is 25.3. The molecule has 134 valence electrons. The molecule has 2 unspecified atom stereocenters. The van der Waals surface area contributed by atoms with Gasteiger partial charge in [-0.25, -0.2) is 0 Å². The van der Waals surface area contributed by atoms with Crippen molar-refractivity contribution in [2.45, 2.75) is 31.0 Å². The second-order valence-corrected chi connectivity index (χ2v) is 7.90. The van der Waals surface area contributed by atoms with Gasteiger partial charge < -0.3 is 0 Å². The maximum atomic E-state index is 13.6. The van der Waals surface area contributed by atoms with E-state index in [1.54, 1.807) is 0 Å². The highest BCUT2D eigenvalue weighted by Gasteiger charge is 2.65. The van der Waals surface area contributed by atoms with Crippen LogP contribution in [-0.4, -0.2) is 5.91 Å². The highest BCUT2D eigenvalue weighted by Crippen LogP contribution is 2.57. The molecule has 0 aliphatic carbocycles. The maximum absolute atomic E-state index is 13.6. The average Bonchev–Trinajstić information content (AvgIpc) is 3.42. The third-order valence-electron chi connectivity index (χ3n) is 5.95. The summed E-state index contributed by atoms with van der Waals surface area (Å²) in [4.78, 5) is 15.6. The number of fused-ring (bicyclic) bond motifs is 1. The molecule has 5 rings (SSSR count). The van der Waals surface area contributed by atoms with Gasteiger partial charge in [-0.05, 0) is 36.6 Å². The van der Waals surface area contributed by atoms with Gasteiger partial charge >= 0.3 is 0 Å². The van der Waals surface area contributed by atoms with Gasteiger partial charge in [0.15, 0.2) is 0 Å². The predicted octanol–water partition coefficient (Wildman–Crippen LogP) is 4.51. The van der Waals surface area contributed by atoms with Gasteiger partial charge in [-0.1, -0.05) is 78.9 Å². The molecule has 2 aliphatic heterocycles. The van der Waals surface area contributed by atoms with Gasteiger partial charge in [0, 0.05) is 0 Å². The molecule has 1 saturated heterocycles. The highest BCUT2D eigenvalue weighted by atomic mass is 16.2. The lowest BCUT2D eigenvalue weighted by Gasteiger charge is -2.30. The first-order chi connectivity index (χ1) is 13.1. The zero-order chi connectivity index (χ0) is 18.6. The summed E-state index contributed by atoms with van der Waals surface area (Å²) in [5.74, 6) is 0.137. The third-order valence-corrected chi connectivity index (χ3v) is 5.95. The molecule has 3 nitrogen and oxygen atoms in total. The lowest BCUT2D eigenvalue weighted by molar-refractivity contribution is -0.122. The Morgan fingerprint density at radius 2 is 1.41 bits per heavy atom. The Bertz CT molecular complexity index is 1010. The molecule has 0 aromatic heterocycles. The molecule has 3 aromatic carbocycles. The molecule has 0 saturated carbocycles. The summed E-state index contributed by atoms with van der Waals surface area (Å²) in [6.45, 7) is 4.04. The zero-order valence-corrected chi connectivity index (χ0v) is 15.5. The van der Waals surface area contributed by atoms with Crippen molar-refractivity contribution >= 4 is 11.6 Å². The molecule has 3 heteroatoms. The number of hydrogen-bond donors (Lipinski definition) is 1. The predicted molar refractivity (Wildman–Crippen MR) is 107 cm³/mol. The van der Waals surface area contributed by atoms with E-state index >= 15 is 0 Å². The molecule has 2 aliphatic rings. The monoisotopic (exact) mass is 354 g/mol. The van der Waals surface area contributed by atoms with Crippen LogP contribution >= 0.6 is 0 Å². The number of rotatable bonds is 3. The number of nitrogens with one attached hydrogen (secondary N) is 1. The van der Waals surface area contributed by atoms with E-state index in [9.17, 15) is 4.79 Å². The summed E-state index contributed by atoms with van der Waals surface area (Å²) in [6.07, 6.45) is 0. The van der Waals surface area contributed by atoms with Gasteiger partial charge in [0.25, 0.3) is 0 Å². The molecule has 0 bridgehead atoms. The molecule has 2 atom stereocenters. The molecule has 27 heavy (non-hydrogen) atoms. The molecule has 1 fully saturated rings. The van der Waals surface area contributed by atoms with Crippen LogP contribution in [0, 0.1) is 0 Å². The minimum Gasteiger partial charge on any atom is -0.286 e. The van der Waals surface area contributed by atoms with Crippen LogP contribution in [0.1, 0.15) is 36.6 Å². The van der Waals surface area contributed by atoms with Gasteiger partial charge in [-0.3, -0.25) is 15.0 Å². The number of para-hydroxylation sites is 1. The Hall–Kier alpha value is -2.91. The smallest absolute Gasteiger partial charge is 0.239 e. The number of hydrogen-bond acceptors (Lipinski definition) is 2. The molecule has 2 heterocycles. The van der Waals surface area contributed by atoms with E-state index in [1.165, 1.54) is 5.56 Å². The third kappa shape index (κ3) is 2.15. The van der Waals surface area contributed by atoms with E-state index in [-0.39, 0.29) is 11.9 Å². The Morgan fingerprint density at radius 3 is 2.11 bits per heavy atom. The first kappa shape index (κ1) is 16.3. The van der Waals surface area contributed by atoms with Crippen molar-refractivity contribution in [3.05, 3.63) is 102 Å². The fraction of sp³-hybridized carbons (Fsp3) is 0.208. The number of carbonyl (C=O) groups is 1. The van der Waals surface area contributed by atoms with Crippen molar-refractivity contribution in [3.63, 3.8) is 0 Å². The standard InChI is InChI=1S/C24H22N2O/c1-23(2)19-15-9-10-16-20(19)26(22(23)27)24(18-13-7-4-8-14-18)21(25-24)17-11-5-3-6-12-17/h3-16,21,25H,1-2H3. The Kier molecular flexibility index (Phi) is 3.34. The Balaban J connectivity index is 1.71. The summed E-state index contributed by atoms with van der Waals surface area (Å²) in [5, 5.41) is 3.67. The quantitative estimate of drug-likeness (QED) is 0.703. The molecule has 0 radical (unpaired) electrons. The second kappa shape index (κ2) is 5.54. The SMILES string of the molecule is CC1(C)C(=O)N(C2(c3ccccc3)NC2c2ccccc2)c2ccccc21. The number of nitrogens with zero attached hydrogens (tertiary/aromatic N) is 1. The van der Waals surface area contributed by atoms with E-state index in [2.05, 4.69) is 53.8 Å². The van der Waals surface area contributed by atoms with Crippen LogP contribution in [0.25, 0.3) is 0 Å². The van der Waals surface area contributed by atoms with Gasteiger partial charge in [0.2, 0.25) is 5.91 Å². The number of benzene rings is 3. The number of anilines is 1. The first-order valence-electron chi connectivity index (χ1n) is 9.39. The van der Waals surface area contributed by atoms with Gasteiger partial charge in [-0.2, -0.15) is 0 Å². The van der Waals surface area contributed by atoms with Crippen molar-refractivity contribution in [1.29, 1.82) is 0 Å². The minimum absolute atomic E-state index is 0.0620. The van der Waals surface area contributed by atoms with Gasteiger partial charge in [0.05, 0.1) is 17.1 Å². The zero-order valence-electron chi connectivity index (χ0n) is 15.5. The first-order valence-corrected chi connectivity index (χ1v) is 9.39. The van der Waals surface area contributed by atoms with Crippen molar-refractivity contribution in [2.24, 2.45) is 0 Å². The van der Waals surface area contributed by atoms with Crippen molar-refractivity contribution in [1.82, 2.24) is 5.32 Å². The van der Waals surface area contributed by atoms with E-state index in [1.807, 2.05) is 55.1 Å². The lowest BCUT2D eigenvalue weighted by atomic mass is 9.86. The largest absolute Gasteiger partial charge is 0.286 e. The van der Waals surface area contributed by atoms with Crippen LogP contribution in [0.5, 0.6) is 0 Å². The summed E-state index contributed by atoms with van der Waals surface area (Å²) in [6, 6.07) is 28.9. The van der Waals surface area contributed by atoms with Gasteiger partial charge in [0.1, 0.15) is 5.66 Å². The van der Waals surface area contributed by atoms with Crippen LogP contribution in [-0.2, 0) is 15.9 Å². The van der Waals surface area contributed by atoms with Crippen LogP contribution < -0.4 is 10.2 Å². The lowest BCUT2D eigenvalue weighted by Crippen LogP contribution is -2.45. The minimum atomic E-state index is -0.552. The van der Waals surface area contributed by atoms with Crippen LogP contribution in [0.2, 0.25) is 0 Å². The summed E-state index contributed by atoms with van der Waals surface area (Å²) in [7, 11) is 0. The van der Waals surface area contributed by atoms with E-state index in [0.717, 1.165) is 16.8 Å². The molecular weight excluding hydrogens is 332 g/mol. The Morgan fingerprint density at radius 1 is 0.815 bits per heavy atom. The Labute approximate surface area is 159 Å². The van der Waals surface area contributed by atoms with Crippen LogP contribution in [0.15, 0.2) is 84.9 Å². The molecule has 3 aromatic rings. The van der Waals surface area contributed by atoms with E-state index in [0.29, 0.717) is 0 Å². The van der Waals surface area contributed by atoms with Crippen LogP contribution in [0.3, 0.4) is 0 Å². The fourth-order valence-electron chi connectivity index (χ4n) is 4.46.